The van der Waals surface area contributed by atoms with Crippen LogP contribution < -0.4 is 10.6 Å². The van der Waals surface area contributed by atoms with Gasteiger partial charge in [0.1, 0.15) is 0 Å². The number of nitrogens with one attached hydrogen (secondary N) is 2. The van der Waals surface area contributed by atoms with Crippen molar-refractivity contribution in [3.05, 3.63) is 54.4 Å². The molecule has 0 aliphatic carbocycles. The summed E-state index contributed by atoms with van der Waals surface area (Å²) < 4.78 is 0. The van der Waals surface area contributed by atoms with Crippen molar-refractivity contribution in [2.24, 2.45) is 0 Å². The molecule has 0 saturated heterocycles. The van der Waals surface area contributed by atoms with Crippen LogP contribution in [0.4, 0.5) is 11.4 Å². The van der Waals surface area contributed by atoms with Gasteiger partial charge in [0.05, 0.1) is 5.56 Å². The van der Waals surface area contributed by atoms with Gasteiger partial charge in [0.25, 0.3) is 5.91 Å². The average Bonchev–Trinajstić information content (AvgIpc) is 2.39. The largest absolute Gasteiger partial charge is 0.326 e. The Hall–Kier alpha value is -2.69. The second kappa shape index (κ2) is 5.77. The third-order valence-corrected chi connectivity index (χ3v) is 2.36. The van der Waals surface area contributed by atoms with Gasteiger partial charge in [-0.15, -0.1) is 0 Å². The molecule has 0 saturated carbocycles. The van der Waals surface area contributed by atoms with Crippen LogP contribution in [-0.2, 0) is 4.79 Å². The molecule has 0 radical (unpaired) electrons. The first-order valence-electron chi connectivity index (χ1n) is 5.74. The van der Waals surface area contributed by atoms with Gasteiger partial charge in [-0.25, -0.2) is 0 Å². The molecule has 0 aliphatic rings. The highest BCUT2D eigenvalue weighted by Gasteiger charge is 2.06. The van der Waals surface area contributed by atoms with Gasteiger partial charge in [-0.1, -0.05) is 6.07 Å². The second-order valence-corrected chi connectivity index (χ2v) is 3.96. The summed E-state index contributed by atoms with van der Waals surface area (Å²) in [5.74, 6) is -0.399. The summed E-state index contributed by atoms with van der Waals surface area (Å²) >= 11 is 0. The Labute approximate surface area is 110 Å². The topological polar surface area (TPSA) is 71.1 Å². The summed E-state index contributed by atoms with van der Waals surface area (Å²) in [6, 6.07) is 10.3. The minimum Gasteiger partial charge on any atom is -0.326 e. The quantitative estimate of drug-likeness (QED) is 0.884. The third-order valence-electron chi connectivity index (χ3n) is 2.36. The van der Waals surface area contributed by atoms with Gasteiger partial charge in [-0.2, -0.15) is 0 Å². The van der Waals surface area contributed by atoms with Crippen molar-refractivity contribution in [2.75, 3.05) is 10.6 Å². The van der Waals surface area contributed by atoms with E-state index in [1.54, 1.807) is 42.6 Å². The van der Waals surface area contributed by atoms with E-state index in [-0.39, 0.29) is 11.8 Å². The highest BCUT2D eigenvalue weighted by molar-refractivity contribution is 6.04. The lowest BCUT2D eigenvalue weighted by atomic mass is 10.2. The van der Waals surface area contributed by atoms with E-state index < -0.39 is 0 Å². The number of carbonyl (C=O) groups is 2. The zero-order chi connectivity index (χ0) is 13.7. The fourth-order valence-corrected chi connectivity index (χ4v) is 1.58. The van der Waals surface area contributed by atoms with Crippen molar-refractivity contribution in [3.8, 4) is 0 Å². The normalized spacial score (nSPS) is 9.74. The first-order valence-corrected chi connectivity index (χ1v) is 5.74. The predicted octanol–water partition coefficient (Wildman–Crippen LogP) is 2.29. The van der Waals surface area contributed by atoms with E-state index >= 15 is 0 Å². The van der Waals surface area contributed by atoms with Crippen LogP contribution in [0, 0.1) is 0 Å². The molecule has 0 bridgehead atoms. The minimum atomic E-state index is -0.243. The average molecular weight is 255 g/mol. The summed E-state index contributed by atoms with van der Waals surface area (Å²) in [4.78, 5) is 26.8. The summed E-state index contributed by atoms with van der Waals surface area (Å²) in [7, 11) is 0. The summed E-state index contributed by atoms with van der Waals surface area (Å²) in [6.45, 7) is 1.43. The molecule has 2 aromatic rings. The van der Waals surface area contributed by atoms with E-state index in [1.165, 1.54) is 13.1 Å². The Morgan fingerprint density at radius 1 is 1.05 bits per heavy atom. The number of rotatable bonds is 3. The molecular weight excluding hydrogens is 242 g/mol. The second-order valence-electron chi connectivity index (χ2n) is 3.96. The molecule has 1 aromatic carbocycles. The predicted molar refractivity (Wildman–Crippen MR) is 72.9 cm³/mol. The zero-order valence-corrected chi connectivity index (χ0v) is 10.4. The van der Waals surface area contributed by atoms with Gasteiger partial charge < -0.3 is 10.6 Å². The molecule has 1 aromatic heterocycles. The lowest BCUT2D eigenvalue weighted by Crippen LogP contribution is -2.12. The van der Waals surface area contributed by atoms with Gasteiger partial charge in [-0.05, 0) is 30.3 Å². The molecule has 5 heteroatoms. The van der Waals surface area contributed by atoms with E-state index in [0.717, 1.165) is 0 Å². The van der Waals surface area contributed by atoms with Crippen molar-refractivity contribution in [2.45, 2.75) is 6.92 Å². The summed E-state index contributed by atoms with van der Waals surface area (Å²) in [6.07, 6.45) is 3.10. The molecule has 0 aliphatic heterocycles. The van der Waals surface area contributed by atoms with E-state index in [0.29, 0.717) is 16.9 Å². The van der Waals surface area contributed by atoms with Crippen molar-refractivity contribution in [1.82, 2.24) is 4.98 Å². The Kier molecular flexibility index (Phi) is 3.87. The van der Waals surface area contributed by atoms with Gasteiger partial charge in [0.2, 0.25) is 5.91 Å². The molecule has 0 spiro atoms. The van der Waals surface area contributed by atoms with Gasteiger partial charge >= 0.3 is 0 Å². The highest BCUT2D eigenvalue weighted by Crippen LogP contribution is 2.15. The Morgan fingerprint density at radius 2 is 1.79 bits per heavy atom. The molecule has 2 amide bonds. The number of hydrogen-bond donors (Lipinski definition) is 2. The maximum atomic E-state index is 11.9. The summed E-state index contributed by atoms with van der Waals surface area (Å²) in [5.41, 5.74) is 1.73. The first kappa shape index (κ1) is 12.8. The van der Waals surface area contributed by atoms with Crippen molar-refractivity contribution in [3.63, 3.8) is 0 Å². The van der Waals surface area contributed by atoms with Crippen molar-refractivity contribution < 1.29 is 9.59 Å². The Morgan fingerprint density at radius 3 is 2.42 bits per heavy atom. The standard InChI is InChI=1S/C14H13N3O2/c1-10(18)16-12-5-2-6-13(8-12)17-14(19)11-4-3-7-15-9-11/h2-9H,1H3,(H,16,18)(H,17,19). The molecule has 5 nitrogen and oxygen atoms in total. The smallest absolute Gasteiger partial charge is 0.257 e. The molecular formula is C14H13N3O2. The third kappa shape index (κ3) is 3.64. The maximum Gasteiger partial charge on any atom is 0.257 e. The number of aromatic nitrogens is 1. The minimum absolute atomic E-state index is 0.157. The number of amides is 2. The van der Waals surface area contributed by atoms with Gasteiger partial charge in [-0.3, -0.25) is 14.6 Å². The Balaban J connectivity index is 2.11. The molecule has 0 unspecified atom stereocenters. The van der Waals surface area contributed by atoms with Crippen LogP contribution in [0.25, 0.3) is 0 Å². The zero-order valence-electron chi connectivity index (χ0n) is 10.4. The van der Waals surface area contributed by atoms with Crippen molar-refractivity contribution >= 4 is 23.2 Å². The summed E-state index contributed by atoms with van der Waals surface area (Å²) in [5, 5.41) is 5.40. The van der Waals surface area contributed by atoms with Crippen LogP contribution in [-0.4, -0.2) is 16.8 Å². The monoisotopic (exact) mass is 255 g/mol. The maximum absolute atomic E-state index is 11.9. The fraction of sp³-hybridized carbons (Fsp3) is 0.0714. The lowest BCUT2D eigenvalue weighted by Gasteiger charge is -2.07. The highest BCUT2D eigenvalue weighted by atomic mass is 16.2. The molecule has 1 heterocycles. The Bertz CT molecular complexity index is 597. The van der Waals surface area contributed by atoms with Crippen molar-refractivity contribution in [1.29, 1.82) is 0 Å². The number of nitrogens with zero attached hydrogens (tertiary/aromatic N) is 1. The van der Waals surface area contributed by atoms with E-state index in [9.17, 15) is 9.59 Å². The number of carbonyl (C=O) groups excluding carboxylic acids is 2. The molecule has 96 valence electrons. The van der Waals surface area contributed by atoms with Crippen LogP contribution >= 0.6 is 0 Å². The van der Waals surface area contributed by atoms with Gasteiger partial charge in [0.15, 0.2) is 0 Å². The first-order chi connectivity index (χ1) is 9.15. The van der Waals surface area contributed by atoms with Crippen LogP contribution in [0.3, 0.4) is 0 Å². The molecule has 2 rings (SSSR count). The SMILES string of the molecule is CC(=O)Nc1cccc(NC(=O)c2cccnc2)c1. The van der Waals surface area contributed by atoms with Crippen LogP contribution in [0.15, 0.2) is 48.8 Å². The molecule has 0 fully saturated rings. The number of anilines is 2. The number of benzene rings is 1. The fourth-order valence-electron chi connectivity index (χ4n) is 1.58. The van der Waals surface area contributed by atoms with Crippen LogP contribution in [0.5, 0.6) is 0 Å². The molecule has 0 atom stereocenters. The van der Waals surface area contributed by atoms with Gasteiger partial charge in [0, 0.05) is 30.7 Å². The van der Waals surface area contributed by atoms with Crippen LogP contribution in [0.2, 0.25) is 0 Å². The van der Waals surface area contributed by atoms with E-state index in [1.807, 2.05) is 0 Å². The number of hydrogen-bond acceptors (Lipinski definition) is 3. The molecule has 2 N–H and O–H groups in total. The van der Waals surface area contributed by atoms with E-state index in [4.69, 9.17) is 0 Å². The van der Waals surface area contributed by atoms with Crippen LogP contribution in [0.1, 0.15) is 17.3 Å². The molecule has 19 heavy (non-hydrogen) atoms. The lowest BCUT2D eigenvalue weighted by molar-refractivity contribution is -0.114. The number of pyridine rings is 1. The van der Waals surface area contributed by atoms with E-state index in [2.05, 4.69) is 15.6 Å².